The van der Waals surface area contributed by atoms with E-state index in [1.54, 1.807) is 31.3 Å². The van der Waals surface area contributed by atoms with E-state index >= 15 is 0 Å². The van der Waals surface area contributed by atoms with Crippen molar-refractivity contribution in [3.63, 3.8) is 0 Å². The molecule has 1 atom stereocenters. The van der Waals surface area contributed by atoms with Crippen LogP contribution in [-0.2, 0) is 5.72 Å². The van der Waals surface area contributed by atoms with Crippen molar-refractivity contribution in [2.45, 2.75) is 19.1 Å². The number of carbonyl (C=O) groups excluding carboxylic acids is 1. The standard InChI is InChI=1S/C14H13N3O3/c1-10-8-14(19,11-4-2-6-15-9-11)17(16-10)13(18)12-5-3-7-20-12/h2-7,9,19H,8H2,1H3/t14-/m1/s1. The molecule has 0 aliphatic carbocycles. The normalized spacial score (nSPS) is 21.9. The second kappa shape index (κ2) is 4.57. The maximum absolute atomic E-state index is 12.4. The van der Waals surface area contributed by atoms with Crippen molar-refractivity contribution < 1.29 is 14.3 Å². The lowest BCUT2D eigenvalue weighted by Crippen LogP contribution is -2.43. The number of amides is 1. The molecule has 1 aliphatic rings. The third-order valence-electron chi connectivity index (χ3n) is 3.17. The van der Waals surface area contributed by atoms with E-state index in [-0.39, 0.29) is 12.2 Å². The molecule has 3 heterocycles. The van der Waals surface area contributed by atoms with Crippen LogP contribution in [0.1, 0.15) is 29.5 Å². The lowest BCUT2D eigenvalue weighted by atomic mass is 9.99. The van der Waals surface area contributed by atoms with Gasteiger partial charge in [-0.2, -0.15) is 10.1 Å². The van der Waals surface area contributed by atoms with Crippen LogP contribution in [0.15, 0.2) is 52.4 Å². The van der Waals surface area contributed by atoms with Gasteiger partial charge in [-0.25, -0.2) is 0 Å². The van der Waals surface area contributed by atoms with Crippen LogP contribution in [0.3, 0.4) is 0 Å². The van der Waals surface area contributed by atoms with Crippen molar-refractivity contribution in [1.82, 2.24) is 9.99 Å². The summed E-state index contributed by atoms with van der Waals surface area (Å²) in [5.74, 6) is -0.357. The highest BCUT2D eigenvalue weighted by atomic mass is 16.4. The Morgan fingerprint density at radius 3 is 2.95 bits per heavy atom. The number of furan rings is 1. The minimum absolute atomic E-state index is 0.130. The molecule has 0 saturated carbocycles. The third-order valence-corrected chi connectivity index (χ3v) is 3.17. The Morgan fingerprint density at radius 2 is 2.30 bits per heavy atom. The number of carbonyl (C=O) groups is 1. The number of rotatable bonds is 2. The quantitative estimate of drug-likeness (QED) is 0.902. The average molecular weight is 271 g/mol. The number of nitrogens with zero attached hydrogens (tertiary/aromatic N) is 3. The summed E-state index contributed by atoms with van der Waals surface area (Å²) in [4.78, 5) is 16.4. The molecular weight excluding hydrogens is 258 g/mol. The van der Waals surface area contributed by atoms with Gasteiger partial charge >= 0.3 is 5.91 Å². The highest BCUT2D eigenvalue weighted by Gasteiger charge is 2.46. The van der Waals surface area contributed by atoms with E-state index in [9.17, 15) is 9.90 Å². The molecule has 0 radical (unpaired) electrons. The molecular formula is C14H13N3O3. The number of aromatic nitrogens is 1. The maximum Gasteiger partial charge on any atom is 0.312 e. The van der Waals surface area contributed by atoms with Crippen molar-refractivity contribution in [2.24, 2.45) is 5.10 Å². The largest absolute Gasteiger partial charge is 0.459 e. The van der Waals surface area contributed by atoms with Gasteiger partial charge in [-0.05, 0) is 25.1 Å². The van der Waals surface area contributed by atoms with Crippen LogP contribution in [0, 0.1) is 0 Å². The molecule has 0 aromatic carbocycles. The van der Waals surface area contributed by atoms with Crippen LogP contribution in [0.4, 0.5) is 0 Å². The zero-order valence-electron chi connectivity index (χ0n) is 10.9. The van der Waals surface area contributed by atoms with Gasteiger partial charge in [0.15, 0.2) is 11.5 Å². The SMILES string of the molecule is CC1=NN(C(=O)c2ccco2)[C@](O)(c2cccnc2)C1. The molecule has 0 spiro atoms. The molecule has 2 aromatic rings. The highest BCUT2D eigenvalue weighted by molar-refractivity contribution is 5.95. The minimum atomic E-state index is -1.53. The topological polar surface area (TPSA) is 78.9 Å². The fourth-order valence-corrected chi connectivity index (χ4v) is 2.26. The Labute approximate surface area is 115 Å². The van der Waals surface area contributed by atoms with Gasteiger partial charge < -0.3 is 9.52 Å². The van der Waals surface area contributed by atoms with E-state index < -0.39 is 11.6 Å². The average Bonchev–Trinajstić information content (AvgIpc) is 3.08. The van der Waals surface area contributed by atoms with Gasteiger partial charge in [0.1, 0.15) is 0 Å². The zero-order chi connectivity index (χ0) is 14.2. The number of hydrazone groups is 1. The van der Waals surface area contributed by atoms with Crippen molar-refractivity contribution in [3.05, 3.63) is 54.2 Å². The first-order valence-corrected chi connectivity index (χ1v) is 6.16. The van der Waals surface area contributed by atoms with Crippen molar-refractivity contribution in [1.29, 1.82) is 0 Å². The van der Waals surface area contributed by atoms with Crippen LogP contribution in [0.25, 0.3) is 0 Å². The van der Waals surface area contributed by atoms with Crippen LogP contribution in [0.5, 0.6) is 0 Å². The Balaban J connectivity index is 2.02. The van der Waals surface area contributed by atoms with Crippen molar-refractivity contribution in [2.75, 3.05) is 0 Å². The molecule has 0 fully saturated rings. The summed E-state index contributed by atoms with van der Waals surface area (Å²) in [5.41, 5.74) is -0.348. The molecule has 1 N–H and O–H groups in total. The van der Waals surface area contributed by atoms with Gasteiger partial charge in [0.2, 0.25) is 0 Å². The van der Waals surface area contributed by atoms with Gasteiger partial charge in [0.25, 0.3) is 0 Å². The first kappa shape index (κ1) is 12.6. The summed E-state index contributed by atoms with van der Waals surface area (Å²) < 4.78 is 5.08. The predicted molar refractivity (Wildman–Crippen MR) is 70.7 cm³/mol. The first-order chi connectivity index (χ1) is 9.61. The van der Waals surface area contributed by atoms with Crippen molar-refractivity contribution >= 4 is 11.6 Å². The summed E-state index contributed by atoms with van der Waals surface area (Å²) in [6.45, 7) is 1.76. The number of hydrogen-bond donors (Lipinski definition) is 1. The van der Waals surface area contributed by atoms with Crippen LogP contribution in [-0.4, -0.2) is 26.7 Å². The molecule has 6 heteroatoms. The summed E-state index contributed by atoms with van der Waals surface area (Å²) in [6, 6.07) is 6.57. The van der Waals surface area contributed by atoms with E-state index in [1.165, 1.54) is 18.5 Å². The van der Waals surface area contributed by atoms with Gasteiger partial charge in [0, 0.05) is 30.1 Å². The van der Waals surface area contributed by atoms with E-state index in [0.29, 0.717) is 11.3 Å². The lowest BCUT2D eigenvalue weighted by molar-refractivity contribution is -0.0778. The molecule has 1 amide bonds. The fraction of sp³-hybridized carbons (Fsp3) is 0.214. The Morgan fingerprint density at radius 1 is 1.45 bits per heavy atom. The Hall–Kier alpha value is -2.47. The van der Waals surface area contributed by atoms with Crippen molar-refractivity contribution in [3.8, 4) is 0 Å². The Bertz CT molecular complexity index is 652. The summed E-state index contributed by atoms with van der Waals surface area (Å²) in [7, 11) is 0. The zero-order valence-corrected chi connectivity index (χ0v) is 10.9. The molecule has 3 rings (SSSR count). The highest BCUT2D eigenvalue weighted by Crippen LogP contribution is 2.35. The molecule has 102 valence electrons. The second-order valence-corrected chi connectivity index (χ2v) is 4.66. The maximum atomic E-state index is 12.4. The van der Waals surface area contributed by atoms with Crippen LogP contribution < -0.4 is 0 Å². The van der Waals surface area contributed by atoms with Gasteiger partial charge in [0.05, 0.1) is 6.26 Å². The Kier molecular flexibility index (Phi) is 2.87. The summed E-state index contributed by atoms with van der Waals surface area (Å²) in [5, 5.41) is 16.1. The third kappa shape index (κ3) is 1.90. The minimum Gasteiger partial charge on any atom is -0.459 e. The van der Waals surface area contributed by atoms with E-state index in [1.807, 2.05) is 0 Å². The predicted octanol–water partition coefficient (Wildman–Crippen LogP) is 1.74. The van der Waals surface area contributed by atoms with Gasteiger partial charge in [-0.15, -0.1) is 0 Å². The fourth-order valence-electron chi connectivity index (χ4n) is 2.26. The molecule has 2 aromatic heterocycles. The molecule has 0 bridgehead atoms. The van der Waals surface area contributed by atoms with Gasteiger partial charge in [-0.1, -0.05) is 6.07 Å². The van der Waals surface area contributed by atoms with Gasteiger partial charge in [-0.3, -0.25) is 9.78 Å². The summed E-state index contributed by atoms with van der Waals surface area (Å²) in [6.07, 6.45) is 4.78. The molecule has 0 saturated heterocycles. The van der Waals surface area contributed by atoms with E-state index in [2.05, 4.69) is 10.1 Å². The lowest BCUT2D eigenvalue weighted by Gasteiger charge is -2.30. The number of pyridine rings is 1. The first-order valence-electron chi connectivity index (χ1n) is 6.16. The smallest absolute Gasteiger partial charge is 0.312 e. The van der Waals surface area contributed by atoms with Crippen LogP contribution >= 0.6 is 0 Å². The molecule has 0 unspecified atom stereocenters. The monoisotopic (exact) mass is 271 g/mol. The van der Waals surface area contributed by atoms with E-state index in [0.717, 1.165) is 5.01 Å². The van der Waals surface area contributed by atoms with Crippen LogP contribution in [0.2, 0.25) is 0 Å². The molecule has 1 aliphatic heterocycles. The summed E-state index contributed by atoms with van der Waals surface area (Å²) >= 11 is 0. The molecule has 6 nitrogen and oxygen atoms in total. The number of aliphatic hydroxyl groups is 1. The molecule has 20 heavy (non-hydrogen) atoms. The van der Waals surface area contributed by atoms with E-state index in [4.69, 9.17) is 4.42 Å². The number of hydrogen-bond acceptors (Lipinski definition) is 5. The second-order valence-electron chi connectivity index (χ2n) is 4.66.